The van der Waals surface area contributed by atoms with Gasteiger partial charge in [0.05, 0.1) is 23.5 Å². The Hall–Kier alpha value is -3.18. The number of nitrogen functional groups attached to an aromatic ring is 1. The van der Waals surface area contributed by atoms with E-state index in [0.29, 0.717) is 32.5 Å². The van der Waals surface area contributed by atoms with Crippen LogP contribution in [0.2, 0.25) is 0 Å². The van der Waals surface area contributed by atoms with Crippen molar-refractivity contribution in [3.63, 3.8) is 0 Å². The van der Waals surface area contributed by atoms with Crippen LogP contribution in [0.3, 0.4) is 0 Å². The molecular formula is C19H17N5O4S2. The number of hydrogen-bond acceptors (Lipinski definition) is 10. The van der Waals surface area contributed by atoms with E-state index in [-0.39, 0.29) is 28.8 Å². The van der Waals surface area contributed by atoms with E-state index in [0.717, 1.165) is 0 Å². The zero-order valence-electron chi connectivity index (χ0n) is 16.0. The highest BCUT2D eigenvalue weighted by molar-refractivity contribution is 7.99. The first-order valence-corrected chi connectivity index (χ1v) is 10.8. The monoisotopic (exact) mass is 443 g/mol. The van der Waals surface area contributed by atoms with Crippen molar-refractivity contribution in [2.75, 3.05) is 12.3 Å². The second-order valence-corrected chi connectivity index (χ2v) is 8.36. The van der Waals surface area contributed by atoms with Crippen LogP contribution in [0.15, 0.2) is 44.3 Å². The number of carbonyl (C=O) groups excluding carboxylic acids is 1. The molecule has 11 heteroatoms. The fraction of sp³-hybridized carbons (Fsp3) is 0.211. The van der Waals surface area contributed by atoms with Crippen LogP contribution >= 0.6 is 23.1 Å². The maximum atomic E-state index is 12.7. The molecule has 1 unspecified atom stereocenters. The van der Waals surface area contributed by atoms with Crippen molar-refractivity contribution in [3.05, 3.63) is 51.7 Å². The fourth-order valence-electron chi connectivity index (χ4n) is 2.79. The minimum Gasteiger partial charge on any atom is -0.464 e. The Labute approximate surface area is 178 Å². The Bertz CT molecular complexity index is 1270. The second-order valence-electron chi connectivity index (χ2n) is 6.19. The number of esters is 1. The number of nitrogens with one attached hydrogen (secondary N) is 1. The fourth-order valence-corrected chi connectivity index (χ4v) is 4.53. The van der Waals surface area contributed by atoms with Crippen molar-refractivity contribution in [2.45, 2.75) is 24.3 Å². The molecule has 3 N–H and O–H groups in total. The molecule has 4 aromatic heterocycles. The summed E-state index contributed by atoms with van der Waals surface area (Å²) in [6.07, 6.45) is 2.90. The lowest BCUT2D eigenvalue weighted by Crippen LogP contribution is -2.13. The number of thiophene rings is 1. The average Bonchev–Trinajstić information content (AvgIpc) is 3.37. The number of aromatic nitrogens is 4. The van der Waals surface area contributed by atoms with Crippen LogP contribution in [0.5, 0.6) is 0 Å². The van der Waals surface area contributed by atoms with E-state index in [1.807, 2.05) is 12.3 Å². The molecular weight excluding hydrogens is 426 g/mol. The normalized spacial score (nSPS) is 12.2. The van der Waals surface area contributed by atoms with Gasteiger partial charge in [0.15, 0.2) is 5.16 Å². The number of anilines is 1. The minimum absolute atomic E-state index is 0.0383. The smallest absolute Gasteiger partial charge is 0.343 e. The van der Waals surface area contributed by atoms with Crippen LogP contribution in [0.1, 0.15) is 35.3 Å². The summed E-state index contributed by atoms with van der Waals surface area (Å²) in [6.45, 7) is 3.81. The van der Waals surface area contributed by atoms with Gasteiger partial charge >= 0.3 is 5.97 Å². The Morgan fingerprint density at radius 1 is 1.43 bits per heavy atom. The number of aromatic amines is 1. The van der Waals surface area contributed by atoms with Crippen LogP contribution in [0, 0.1) is 0 Å². The third-order valence-corrected chi connectivity index (χ3v) is 6.06. The topological polar surface area (TPSA) is 137 Å². The number of rotatable bonds is 6. The molecule has 1 atom stereocenters. The molecule has 30 heavy (non-hydrogen) atoms. The van der Waals surface area contributed by atoms with E-state index in [2.05, 4.69) is 19.9 Å². The van der Waals surface area contributed by atoms with Crippen molar-refractivity contribution in [3.8, 4) is 11.3 Å². The zero-order chi connectivity index (χ0) is 21.3. The van der Waals surface area contributed by atoms with E-state index >= 15 is 0 Å². The van der Waals surface area contributed by atoms with Crippen LogP contribution in [-0.4, -0.2) is 32.5 Å². The number of fused-ring (bicyclic) bond motifs is 1. The molecule has 4 rings (SSSR count). The largest absolute Gasteiger partial charge is 0.464 e. The molecule has 0 saturated heterocycles. The van der Waals surface area contributed by atoms with Crippen LogP contribution in [-0.2, 0) is 4.74 Å². The minimum atomic E-state index is -0.568. The summed E-state index contributed by atoms with van der Waals surface area (Å²) in [5.74, 6) is 0.578. The lowest BCUT2D eigenvalue weighted by Gasteiger charge is -2.10. The maximum absolute atomic E-state index is 12.7. The van der Waals surface area contributed by atoms with Gasteiger partial charge in [-0.3, -0.25) is 4.79 Å². The van der Waals surface area contributed by atoms with Crippen LogP contribution < -0.4 is 11.3 Å². The first-order valence-electron chi connectivity index (χ1n) is 8.99. The third kappa shape index (κ3) is 3.81. The highest BCUT2D eigenvalue weighted by Crippen LogP contribution is 2.34. The number of carbonyl (C=O) groups is 1. The Balaban J connectivity index is 1.60. The van der Waals surface area contributed by atoms with Gasteiger partial charge in [0, 0.05) is 17.1 Å². The number of ether oxygens (including phenoxy) is 1. The average molecular weight is 444 g/mol. The molecule has 0 aliphatic carbocycles. The van der Waals surface area contributed by atoms with Gasteiger partial charge in [-0.1, -0.05) is 11.8 Å². The van der Waals surface area contributed by atoms with Gasteiger partial charge in [0.25, 0.3) is 5.56 Å². The van der Waals surface area contributed by atoms with Gasteiger partial charge in [-0.2, -0.15) is 0 Å². The molecule has 4 heterocycles. The summed E-state index contributed by atoms with van der Waals surface area (Å²) in [4.78, 5) is 40.9. The Morgan fingerprint density at radius 3 is 2.97 bits per heavy atom. The van der Waals surface area contributed by atoms with E-state index in [1.165, 1.54) is 29.3 Å². The van der Waals surface area contributed by atoms with E-state index in [4.69, 9.17) is 14.9 Å². The summed E-state index contributed by atoms with van der Waals surface area (Å²) >= 11 is 2.64. The van der Waals surface area contributed by atoms with Crippen molar-refractivity contribution >= 4 is 45.1 Å². The van der Waals surface area contributed by atoms with Gasteiger partial charge in [-0.15, -0.1) is 11.3 Å². The summed E-state index contributed by atoms with van der Waals surface area (Å²) in [6, 6.07) is 3.57. The highest BCUT2D eigenvalue weighted by atomic mass is 32.2. The third-order valence-electron chi connectivity index (χ3n) is 4.21. The molecule has 0 aromatic carbocycles. The molecule has 0 saturated carbocycles. The molecule has 0 aliphatic rings. The first kappa shape index (κ1) is 20.1. The van der Waals surface area contributed by atoms with E-state index in [9.17, 15) is 9.59 Å². The highest BCUT2D eigenvalue weighted by Gasteiger charge is 2.20. The molecule has 0 aliphatic heterocycles. The van der Waals surface area contributed by atoms with Gasteiger partial charge in [-0.05, 0) is 26.0 Å². The van der Waals surface area contributed by atoms with Crippen LogP contribution in [0.25, 0.3) is 21.5 Å². The standard InChI is InChI=1S/C19H17N5O4S2/c1-3-27-18(26)10-7-21-19(22-14(10)20)30-9(2)15-23-16(25)13-11(8-29-17(13)24-15)12-5-4-6-28-12/h4-9H,3H2,1-2H3,(H2,20,21,22)(H,23,24,25). The molecule has 4 aromatic rings. The number of nitrogens with zero attached hydrogens (tertiary/aromatic N) is 3. The van der Waals surface area contributed by atoms with Gasteiger partial charge in [0.2, 0.25) is 0 Å². The Morgan fingerprint density at radius 2 is 2.27 bits per heavy atom. The molecule has 0 radical (unpaired) electrons. The van der Waals surface area contributed by atoms with Crippen LogP contribution in [0.4, 0.5) is 5.82 Å². The Kier molecular flexibility index (Phi) is 5.55. The first-order chi connectivity index (χ1) is 14.5. The molecule has 154 valence electrons. The molecule has 9 nitrogen and oxygen atoms in total. The molecule has 0 amide bonds. The van der Waals surface area contributed by atoms with Crippen molar-refractivity contribution in [2.24, 2.45) is 0 Å². The van der Waals surface area contributed by atoms with Crippen molar-refractivity contribution in [1.82, 2.24) is 19.9 Å². The van der Waals surface area contributed by atoms with Crippen molar-refractivity contribution < 1.29 is 13.9 Å². The quantitative estimate of drug-likeness (QED) is 0.260. The number of furan rings is 1. The number of hydrogen-bond donors (Lipinski definition) is 2. The van der Waals surface area contributed by atoms with Gasteiger partial charge in [0.1, 0.15) is 27.8 Å². The second kappa shape index (κ2) is 8.28. The van der Waals surface area contributed by atoms with Crippen molar-refractivity contribution in [1.29, 1.82) is 0 Å². The zero-order valence-corrected chi connectivity index (χ0v) is 17.7. The SMILES string of the molecule is CCOC(=O)c1cnc(SC(C)c2nc3scc(-c4ccco4)c3c(=O)[nH]2)nc1N. The molecule has 0 fully saturated rings. The summed E-state index contributed by atoms with van der Waals surface area (Å²) in [7, 11) is 0. The van der Waals surface area contributed by atoms with E-state index in [1.54, 1.807) is 25.3 Å². The van der Waals surface area contributed by atoms with Gasteiger partial charge < -0.3 is 19.9 Å². The number of H-pyrrole nitrogens is 1. The summed E-state index contributed by atoms with van der Waals surface area (Å²) in [5.41, 5.74) is 6.46. The summed E-state index contributed by atoms with van der Waals surface area (Å²) < 4.78 is 10.3. The number of nitrogens with two attached hydrogens (primary N) is 1. The number of thioether (sulfide) groups is 1. The maximum Gasteiger partial charge on any atom is 0.343 e. The lowest BCUT2D eigenvalue weighted by molar-refractivity contribution is 0.0526. The predicted octanol–water partition coefficient (Wildman–Crippen LogP) is 3.65. The predicted molar refractivity (Wildman–Crippen MR) is 115 cm³/mol. The summed E-state index contributed by atoms with van der Waals surface area (Å²) in [5, 5.41) is 2.45. The lowest BCUT2D eigenvalue weighted by atomic mass is 10.2. The van der Waals surface area contributed by atoms with Gasteiger partial charge in [-0.25, -0.2) is 19.7 Å². The molecule has 0 bridgehead atoms. The molecule has 0 spiro atoms. The van der Waals surface area contributed by atoms with E-state index < -0.39 is 5.97 Å².